The van der Waals surface area contributed by atoms with Crippen LogP contribution in [0.5, 0.6) is 11.5 Å². The van der Waals surface area contributed by atoms with Gasteiger partial charge >= 0.3 is 0 Å². The van der Waals surface area contributed by atoms with Gasteiger partial charge in [-0.15, -0.1) is 0 Å². The first kappa shape index (κ1) is 16.1. The van der Waals surface area contributed by atoms with E-state index in [1.54, 1.807) is 14.2 Å². The van der Waals surface area contributed by atoms with Crippen molar-refractivity contribution in [2.75, 3.05) is 33.9 Å². The van der Waals surface area contributed by atoms with Gasteiger partial charge in [0.05, 0.1) is 32.5 Å². The van der Waals surface area contributed by atoms with Crippen LogP contribution >= 0.6 is 0 Å². The average Bonchev–Trinajstić information content (AvgIpc) is 2.47. The molecule has 0 bridgehead atoms. The van der Waals surface area contributed by atoms with Crippen LogP contribution in [0.3, 0.4) is 0 Å². The lowest BCUT2D eigenvalue weighted by Crippen LogP contribution is -2.48. The standard InChI is InChI=1S/C16H26N2O3/c1-11-9-18(10-12(2)21-11)15(8-17)14-6-5-13(19-3)7-16(14)20-4/h5-7,11-12,15H,8-10,17H2,1-4H3/t11-,12-,15-/m0/s1. The molecule has 3 atom stereocenters. The van der Waals surface area contributed by atoms with Gasteiger partial charge in [-0.05, 0) is 19.9 Å². The van der Waals surface area contributed by atoms with Crippen LogP contribution in [0.25, 0.3) is 0 Å². The second kappa shape index (κ2) is 7.11. The molecule has 21 heavy (non-hydrogen) atoms. The minimum absolute atomic E-state index is 0.125. The lowest BCUT2D eigenvalue weighted by atomic mass is 10.0. The van der Waals surface area contributed by atoms with Gasteiger partial charge in [0.2, 0.25) is 0 Å². The summed E-state index contributed by atoms with van der Waals surface area (Å²) in [7, 11) is 3.33. The zero-order chi connectivity index (χ0) is 15.4. The molecule has 0 spiro atoms. The Morgan fingerprint density at radius 2 is 1.90 bits per heavy atom. The minimum atomic E-state index is 0.125. The van der Waals surface area contributed by atoms with Crippen molar-refractivity contribution in [2.45, 2.75) is 32.1 Å². The number of hydrogen-bond acceptors (Lipinski definition) is 5. The van der Waals surface area contributed by atoms with E-state index in [2.05, 4.69) is 18.7 Å². The van der Waals surface area contributed by atoms with Crippen LogP contribution in [-0.4, -0.2) is 51.0 Å². The van der Waals surface area contributed by atoms with Crippen molar-refractivity contribution >= 4 is 0 Å². The van der Waals surface area contributed by atoms with Gasteiger partial charge in [-0.1, -0.05) is 6.07 Å². The van der Waals surface area contributed by atoms with E-state index in [9.17, 15) is 0 Å². The van der Waals surface area contributed by atoms with Gasteiger partial charge in [0.1, 0.15) is 11.5 Å². The number of nitrogens with two attached hydrogens (primary N) is 1. The molecular weight excluding hydrogens is 268 g/mol. The molecule has 118 valence electrons. The van der Waals surface area contributed by atoms with E-state index in [0.29, 0.717) is 6.54 Å². The minimum Gasteiger partial charge on any atom is -0.497 e. The summed E-state index contributed by atoms with van der Waals surface area (Å²) in [5.41, 5.74) is 7.15. The van der Waals surface area contributed by atoms with Crippen LogP contribution in [0.1, 0.15) is 25.5 Å². The lowest BCUT2D eigenvalue weighted by molar-refractivity contribution is -0.0801. The van der Waals surface area contributed by atoms with Crippen molar-refractivity contribution < 1.29 is 14.2 Å². The van der Waals surface area contributed by atoms with Crippen molar-refractivity contribution in [3.63, 3.8) is 0 Å². The molecule has 0 radical (unpaired) electrons. The van der Waals surface area contributed by atoms with Gasteiger partial charge < -0.3 is 19.9 Å². The van der Waals surface area contributed by atoms with E-state index in [0.717, 1.165) is 30.2 Å². The molecule has 1 aliphatic rings. The molecule has 0 amide bonds. The molecule has 1 saturated heterocycles. The fourth-order valence-electron chi connectivity index (χ4n) is 3.04. The summed E-state index contributed by atoms with van der Waals surface area (Å²) in [5, 5.41) is 0. The smallest absolute Gasteiger partial charge is 0.127 e. The summed E-state index contributed by atoms with van der Waals surface area (Å²) in [5.74, 6) is 1.60. The molecule has 1 aromatic rings. The quantitative estimate of drug-likeness (QED) is 0.897. The highest BCUT2D eigenvalue weighted by Crippen LogP contribution is 2.33. The Labute approximate surface area is 127 Å². The van der Waals surface area contributed by atoms with Gasteiger partial charge in [-0.25, -0.2) is 0 Å². The Hall–Kier alpha value is -1.30. The fraction of sp³-hybridized carbons (Fsp3) is 0.625. The van der Waals surface area contributed by atoms with Crippen molar-refractivity contribution in [1.29, 1.82) is 0 Å². The highest BCUT2D eigenvalue weighted by Gasteiger charge is 2.29. The van der Waals surface area contributed by atoms with Crippen LogP contribution in [-0.2, 0) is 4.74 Å². The molecule has 2 rings (SSSR count). The van der Waals surface area contributed by atoms with Crippen LogP contribution in [0.2, 0.25) is 0 Å². The average molecular weight is 294 g/mol. The summed E-state index contributed by atoms with van der Waals surface area (Å²) in [6.07, 6.45) is 0.430. The van der Waals surface area contributed by atoms with E-state index < -0.39 is 0 Å². The number of methoxy groups -OCH3 is 2. The summed E-state index contributed by atoms with van der Waals surface area (Å²) >= 11 is 0. The van der Waals surface area contributed by atoms with Gasteiger partial charge in [-0.3, -0.25) is 4.90 Å². The lowest BCUT2D eigenvalue weighted by Gasteiger charge is -2.40. The first-order chi connectivity index (χ1) is 10.1. The van der Waals surface area contributed by atoms with Crippen LogP contribution < -0.4 is 15.2 Å². The molecular formula is C16H26N2O3. The number of nitrogens with zero attached hydrogens (tertiary/aromatic N) is 1. The maximum atomic E-state index is 6.05. The number of morpholine rings is 1. The molecule has 0 unspecified atom stereocenters. The molecule has 0 aromatic heterocycles. The molecule has 5 heteroatoms. The van der Waals surface area contributed by atoms with Crippen molar-refractivity contribution in [1.82, 2.24) is 4.90 Å². The number of benzene rings is 1. The van der Waals surface area contributed by atoms with Crippen LogP contribution in [0, 0.1) is 0 Å². The summed E-state index contributed by atoms with van der Waals surface area (Å²) in [6, 6.07) is 6.03. The van der Waals surface area contributed by atoms with E-state index >= 15 is 0 Å². The van der Waals surface area contributed by atoms with Gasteiger partial charge in [0.15, 0.2) is 0 Å². The van der Waals surface area contributed by atoms with Crippen molar-refractivity contribution in [2.24, 2.45) is 5.73 Å². The third kappa shape index (κ3) is 3.67. The van der Waals surface area contributed by atoms with E-state index in [1.165, 1.54) is 0 Å². The second-order valence-electron chi connectivity index (χ2n) is 5.57. The Morgan fingerprint density at radius 3 is 2.43 bits per heavy atom. The van der Waals surface area contributed by atoms with E-state index in [-0.39, 0.29) is 18.2 Å². The first-order valence-electron chi connectivity index (χ1n) is 7.40. The third-order valence-electron chi connectivity index (χ3n) is 3.91. The van der Waals surface area contributed by atoms with Crippen molar-refractivity contribution in [3.8, 4) is 11.5 Å². The van der Waals surface area contributed by atoms with Crippen LogP contribution in [0.15, 0.2) is 18.2 Å². The van der Waals surface area contributed by atoms with Gasteiger partial charge in [-0.2, -0.15) is 0 Å². The highest BCUT2D eigenvalue weighted by molar-refractivity contribution is 5.42. The molecule has 1 heterocycles. The maximum absolute atomic E-state index is 6.05. The summed E-state index contributed by atoms with van der Waals surface area (Å²) in [4.78, 5) is 2.38. The number of ether oxygens (including phenoxy) is 3. The molecule has 2 N–H and O–H groups in total. The van der Waals surface area contributed by atoms with Crippen molar-refractivity contribution in [3.05, 3.63) is 23.8 Å². The van der Waals surface area contributed by atoms with Gasteiger partial charge in [0, 0.05) is 31.3 Å². The molecule has 0 saturated carbocycles. The highest BCUT2D eigenvalue weighted by atomic mass is 16.5. The second-order valence-corrected chi connectivity index (χ2v) is 5.57. The number of hydrogen-bond donors (Lipinski definition) is 1. The van der Waals surface area contributed by atoms with Gasteiger partial charge in [0.25, 0.3) is 0 Å². The summed E-state index contributed by atoms with van der Waals surface area (Å²) in [6.45, 7) is 6.49. The predicted octanol–water partition coefficient (Wildman–Crippen LogP) is 1.81. The zero-order valence-electron chi connectivity index (χ0n) is 13.3. The van der Waals surface area contributed by atoms with Crippen LogP contribution in [0.4, 0.5) is 0 Å². The SMILES string of the molecule is COc1ccc([C@H](CN)N2C[C@H](C)O[C@@H](C)C2)c(OC)c1. The Balaban J connectivity index is 2.28. The predicted molar refractivity (Wildman–Crippen MR) is 82.9 cm³/mol. The normalized spacial score (nSPS) is 24.6. The molecule has 1 aliphatic heterocycles. The molecule has 0 aliphatic carbocycles. The molecule has 1 aromatic carbocycles. The molecule has 5 nitrogen and oxygen atoms in total. The van der Waals surface area contributed by atoms with E-state index in [4.69, 9.17) is 19.9 Å². The summed E-state index contributed by atoms with van der Waals surface area (Å²) < 4.78 is 16.6. The Morgan fingerprint density at radius 1 is 1.24 bits per heavy atom. The topological polar surface area (TPSA) is 57.0 Å². The van der Waals surface area contributed by atoms with E-state index in [1.807, 2.05) is 18.2 Å². The monoisotopic (exact) mass is 294 g/mol. The number of rotatable bonds is 5. The third-order valence-corrected chi connectivity index (χ3v) is 3.91. The molecule has 1 fully saturated rings. The Kier molecular flexibility index (Phi) is 5.45. The maximum Gasteiger partial charge on any atom is 0.127 e. The fourth-order valence-corrected chi connectivity index (χ4v) is 3.04. The Bertz CT molecular complexity index is 457. The zero-order valence-corrected chi connectivity index (χ0v) is 13.3. The largest absolute Gasteiger partial charge is 0.497 e. The first-order valence-corrected chi connectivity index (χ1v) is 7.40.